The molecule has 0 heterocycles. The van der Waals surface area contributed by atoms with E-state index < -0.39 is 0 Å². The maximum absolute atomic E-state index is 5.83. The normalized spacial score (nSPS) is 11.2. The molecule has 0 unspecified atom stereocenters. The molecule has 0 spiro atoms. The zero-order valence-electron chi connectivity index (χ0n) is 17.5. The van der Waals surface area contributed by atoms with E-state index >= 15 is 0 Å². The van der Waals surface area contributed by atoms with Crippen LogP contribution in [0.2, 0.25) is 0 Å². The summed E-state index contributed by atoms with van der Waals surface area (Å²) in [4.78, 5) is 4.58. The van der Waals surface area contributed by atoms with Crippen molar-refractivity contribution in [2.24, 2.45) is 5.16 Å². The summed E-state index contributed by atoms with van der Waals surface area (Å²) in [7, 11) is 1.49. The zero-order valence-corrected chi connectivity index (χ0v) is 17.5. The van der Waals surface area contributed by atoms with Gasteiger partial charge in [0, 0.05) is 0 Å². The third-order valence-electron chi connectivity index (χ3n) is 4.00. The highest BCUT2D eigenvalue weighted by atomic mass is 16.7. The molecule has 0 atom stereocenters. The molecule has 6 heteroatoms. The van der Waals surface area contributed by atoms with Gasteiger partial charge in [0.05, 0.1) is 12.8 Å². The van der Waals surface area contributed by atoms with E-state index in [-0.39, 0.29) is 6.79 Å². The molecule has 156 valence electrons. The molecule has 0 aliphatic heterocycles. The lowest BCUT2D eigenvalue weighted by Crippen LogP contribution is -2.06. The molecule has 0 aliphatic rings. The van der Waals surface area contributed by atoms with Crippen LogP contribution >= 0.6 is 0 Å². The van der Waals surface area contributed by atoms with Gasteiger partial charge in [0.15, 0.2) is 6.79 Å². The standard InChI is InChI=1S/C23H29NO5/c1-5-6-12-27-22-14-18(2)23(19(3)15-22)29-17-26-16-20-7-9-21(10-8-20)28-13-11-24-25-4/h5-11,14-15H,12-13,16-17H2,1-4H3/b6-5+,24-11?. The third-order valence-corrected chi connectivity index (χ3v) is 4.00. The summed E-state index contributed by atoms with van der Waals surface area (Å²) >= 11 is 0. The van der Waals surface area contributed by atoms with Crippen LogP contribution in [0, 0.1) is 13.8 Å². The second-order valence-electron chi connectivity index (χ2n) is 6.30. The van der Waals surface area contributed by atoms with E-state index in [4.69, 9.17) is 18.9 Å². The Balaban J connectivity index is 1.77. The first-order chi connectivity index (χ1) is 14.1. The molecule has 0 saturated carbocycles. The summed E-state index contributed by atoms with van der Waals surface area (Å²) in [6.07, 6.45) is 5.49. The Morgan fingerprint density at radius 1 is 0.897 bits per heavy atom. The monoisotopic (exact) mass is 399 g/mol. The average Bonchev–Trinajstić information content (AvgIpc) is 2.71. The van der Waals surface area contributed by atoms with Crippen molar-refractivity contribution in [2.45, 2.75) is 27.4 Å². The molecule has 0 aromatic heterocycles. The summed E-state index contributed by atoms with van der Waals surface area (Å²) in [5.74, 6) is 2.42. The molecule has 0 aliphatic carbocycles. The minimum Gasteiger partial charge on any atom is -0.490 e. The first kappa shape index (κ1) is 22.3. The molecule has 0 bridgehead atoms. The molecule has 0 saturated heterocycles. The molecule has 29 heavy (non-hydrogen) atoms. The van der Waals surface area contributed by atoms with Crippen LogP contribution in [0.25, 0.3) is 0 Å². The maximum Gasteiger partial charge on any atom is 0.189 e. The quantitative estimate of drug-likeness (QED) is 0.168. The molecule has 0 radical (unpaired) electrons. The highest BCUT2D eigenvalue weighted by Crippen LogP contribution is 2.28. The fraction of sp³-hybridized carbons (Fsp3) is 0.348. The van der Waals surface area contributed by atoms with Crippen LogP contribution in [0.5, 0.6) is 17.2 Å². The number of rotatable bonds is 12. The van der Waals surface area contributed by atoms with Crippen LogP contribution in [0.4, 0.5) is 0 Å². The Kier molecular flexibility index (Phi) is 9.59. The lowest BCUT2D eigenvalue weighted by Gasteiger charge is -2.14. The average molecular weight is 399 g/mol. The first-order valence-electron chi connectivity index (χ1n) is 9.46. The predicted molar refractivity (Wildman–Crippen MR) is 114 cm³/mol. The van der Waals surface area contributed by atoms with Gasteiger partial charge >= 0.3 is 0 Å². The fourth-order valence-electron chi connectivity index (χ4n) is 2.64. The van der Waals surface area contributed by atoms with Gasteiger partial charge in [-0.1, -0.05) is 29.4 Å². The Bertz CT molecular complexity index is 776. The fourth-order valence-corrected chi connectivity index (χ4v) is 2.64. The van der Waals surface area contributed by atoms with Gasteiger partial charge in [-0.15, -0.1) is 0 Å². The topological polar surface area (TPSA) is 58.5 Å². The third kappa shape index (κ3) is 7.87. The van der Waals surface area contributed by atoms with Crippen molar-refractivity contribution >= 4 is 6.21 Å². The maximum atomic E-state index is 5.83. The van der Waals surface area contributed by atoms with Gasteiger partial charge in [0.2, 0.25) is 0 Å². The van der Waals surface area contributed by atoms with E-state index in [1.165, 1.54) is 7.11 Å². The Morgan fingerprint density at radius 3 is 2.24 bits per heavy atom. The van der Waals surface area contributed by atoms with Crippen molar-refractivity contribution < 1.29 is 23.8 Å². The van der Waals surface area contributed by atoms with E-state index in [0.717, 1.165) is 33.9 Å². The number of hydrogen-bond acceptors (Lipinski definition) is 6. The molecular formula is C23H29NO5. The van der Waals surface area contributed by atoms with Gasteiger partial charge in [-0.05, 0) is 61.7 Å². The summed E-state index contributed by atoms with van der Waals surface area (Å²) < 4.78 is 22.7. The highest BCUT2D eigenvalue weighted by Gasteiger charge is 2.07. The van der Waals surface area contributed by atoms with Crippen molar-refractivity contribution in [3.63, 3.8) is 0 Å². The van der Waals surface area contributed by atoms with E-state index in [9.17, 15) is 0 Å². The number of benzene rings is 2. The molecule has 2 rings (SSSR count). The Labute approximate surface area is 172 Å². The van der Waals surface area contributed by atoms with Gasteiger partial charge in [-0.25, -0.2) is 0 Å². The van der Waals surface area contributed by atoms with Gasteiger partial charge in [-0.2, -0.15) is 0 Å². The minimum atomic E-state index is 0.173. The Morgan fingerprint density at radius 2 is 1.59 bits per heavy atom. The van der Waals surface area contributed by atoms with E-state index in [2.05, 4.69) is 9.99 Å². The van der Waals surface area contributed by atoms with E-state index in [1.807, 2.05) is 69.3 Å². The summed E-state index contributed by atoms with van der Waals surface area (Å²) in [6.45, 7) is 7.51. The smallest absolute Gasteiger partial charge is 0.189 e. The van der Waals surface area contributed by atoms with Crippen LogP contribution in [-0.4, -0.2) is 33.3 Å². The number of ether oxygens (including phenoxy) is 4. The largest absolute Gasteiger partial charge is 0.490 e. The van der Waals surface area contributed by atoms with Crippen LogP contribution in [0.3, 0.4) is 0 Å². The summed E-state index contributed by atoms with van der Waals surface area (Å²) in [5.41, 5.74) is 3.07. The van der Waals surface area contributed by atoms with Crippen molar-refractivity contribution in [1.82, 2.24) is 0 Å². The van der Waals surface area contributed by atoms with E-state index in [1.54, 1.807) is 6.21 Å². The SMILES string of the molecule is C/C=C/COc1cc(C)c(OCOCc2ccc(OCC=NOC)cc2)c(C)c1. The Hall–Kier alpha value is -2.99. The first-order valence-corrected chi connectivity index (χ1v) is 9.46. The van der Waals surface area contributed by atoms with Crippen LogP contribution in [0.15, 0.2) is 53.7 Å². The number of allylic oxidation sites excluding steroid dienone is 1. The second-order valence-corrected chi connectivity index (χ2v) is 6.30. The molecule has 2 aromatic carbocycles. The summed E-state index contributed by atoms with van der Waals surface area (Å²) in [6, 6.07) is 11.6. The molecule has 2 aromatic rings. The van der Waals surface area contributed by atoms with Crippen molar-refractivity contribution in [2.75, 3.05) is 27.1 Å². The van der Waals surface area contributed by atoms with Crippen molar-refractivity contribution in [3.05, 3.63) is 65.2 Å². The predicted octanol–water partition coefficient (Wildman–Crippen LogP) is 4.82. The van der Waals surface area contributed by atoms with Crippen LogP contribution < -0.4 is 14.2 Å². The highest BCUT2D eigenvalue weighted by molar-refractivity contribution is 5.58. The number of hydrogen-bond donors (Lipinski definition) is 0. The van der Waals surface area contributed by atoms with Gasteiger partial charge in [0.25, 0.3) is 0 Å². The van der Waals surface area contributed by atoms with E-state index in [0.29, 0.717) is 19.8 Å². The minimum absolute atomic E-state index is 0.173. The second kappa shape index (κ2) is 12.5. The van der Waals surface area contributed by atoms with Gasteiger partial charge in [-0.3, -0.25) is 0 Å². The zero-order chi connectivity index (χ0) is 20.9. The van der Waals surface area contributed by atoms with Crippen molar-refractivity contribution in [3.8, 4) is 17.2 Å². The number of aryl methyl sites for hydroxylation is 2. The van der Waals surface area contributed by atoms with Gasteiger partial charge < -0.3 is 23.8 Å². The van der Waals surface area contributed by atoms with Gasteiger partial charge in [0.1, 0.15) is 37.6 Å². The molecule has 0 fully saturated rings. The lowest BCUT2D eigenvalue weighted by atomic mass is 10.1. The summed E-state index contributed by atoms with van der Waals surface area (Å²) in [5, 5.41) is 3.62. The van der Waals surface area contributed by atoms with Crippen LogP contribution in [-0.2, 0) is 16.2 Å². The number of oxime groups is 1. The number of nitrogens with zero attached hydrogens (tertiary/aromatic N) is 1. The molecular weight excluding hydrogens is 370 g/mol. The van der Waals surface area contributed by atoms with Crippen LogP contribution in [0.1, 0.15) is 23.6 Å². The molecule has 0 N–H and O–H groups in total. The van der Waals surface area contributed by atoms with Crippen molar-refractivity contribution in [1.29, 1.82) is 0 Å². The molecule has 0 amide bonds. The lowest BCUT2D eigenvalue weighted by molar-refractivity contribution is 0.00427. The molecule has 6 nitrogen and oxygen atoms in total.